The molecule has 0 aliphatic rings. The Morgan fingerprint density at radius 3 is 2.02 bits per heavy atom. The number of carbonyl (C=O) groups excluding carboxylic acids is 2. The summed E-state index contributed by atoms with van der Waals surface area (Å²) in [4.78, 5) is 29.5. The van der Waals surface area contributed by atoms with Crippen molar-refractivity contribution in [2.75, 3.05) is 10.8 Å². The van der Waals surface area contributed by atoms with Crippen LogP contribution in [0.4, 0.5) is 10.1 Å². The zero-order valence-corrected chi connectivity index (χ0v) is 25.3. The Morgan fingerprint density at radius 2 is 1.42 bits per heavy atom. The van der Waals surface area contributed by atoms with Crippen molar-refractivity contribution in [1.29, 1.82) is 0 Å². The maximum Gasteiger partial charge on any atom is 0.264 e. The zero-order valence-electron chi connectivity index (χ0n) is 24.5. The molecular weight excluding hydrogens is 565 g/mol. The molecule has 9 heteroatoms. The average Bonchev–Trinajstić information content (AvgIpc) is 2.98. The minimum atomic E-state index is -4.24. The molecule has 224 valence electrons. The van der Waals surface area contributed by atoms with Crippen LogP contribution in [0.1, 0.15) is 30.5 Å². The largest absolute Gasteiger partial charge is 0.352 e. The van der Waals surface area contributed by atoms with Gasteiger partial charge < -0.3 is 10.2 Å². The summed E-state index contributed by atoms with van der Waals surface area (Å²) in [5.41, 5.74) is 2.75. The molecule has 0 aliphatic carbocycles. The molecule has 4 aromatic rings. The number of nitrogens with one attached hydrogen (secondary N) is 1. The molecule has 4 rings (SSSR count). The lowest BCUT2D eigenvalue weighted by molar-refractivity contribution is -0.140. The fraction of sp³-hybridized carbons (Fsp3) is 0.235. The Bertz CT molecular complexity index is 1630. The van der Waals surface area contributed by atoms with Crippen molar-refractivity contribution in [2.45, 2.75) is 50.7 Å². The van der Waals surface area contributed by atoms with Crippen molar-refractivity contribution in [3.05, 3.63) is 132 Å². The van der Waals surface area contributed by atoms with Crippen LogP contribution >= 0.6 is 0 Å². The van der Waals surface area contributed by atoms with Crippen molar-refractivity contribution >= 4 is 27.5 Å². The van der Waals surface area contributed by atoms with Gasteiger partial charge in [-0.2, -0.15) is 0 Å². The van der Waals surface area contributed by atoms with E-state index < -0.39 is 34.3 Å². The van der Waals surface area contributed by atoms with Gasteiger partial charge in [0.2, 0.25) is 11.8 Å². The average molecular weight is 602 g/mol. The van der Waals surface area contributed by atoms with Crippen molar-refractivity contribution in [3.8, 4) is 0 Å². The van der Waals surface area contributed by atoms with Gasteiger partial charge in [0.15, 0.2) is 0 Å². The van der Waals surface area contributed by atoms with Crippen molar-refractivity contribution in [1.82, 2.24) is 10.2 Å². The second kappa shape index (κ2) is 14.1. The molecule has 0 aliphatic heterocycles. The molecule has 0 saturated carbocycles. The summed E-state index contributed by atoms with van der Waals surface area (Å²) in [6.07, 6.45) is 0.221. The van der Waals surface area contributed by atoms with Crippen molar-refractivity contribution in [2.24, 2.45) is 0 Å². The second-order valence-corrected chi connectivity index (χ2v) is 12.5. The number of sulfonamides is 1. The molecule has 1 unspecified atom stereocenters. The fourth-order valence-electron chi connectivity index (χ4n) is 4.80. The van der Waals surface area contributed by atoms with Crippen LogP contribution in [0.2, 0.25) is 0 Å². The van der Waals surface area contributed by atoms with E-state index in [9.17, 15) is 22.4 Å². The minimum absolute atomic E-state index is 0.0178. The number of benzene rings is 4. The highest BCUT2D eigenvalue weighted by Gasteiger charge is 2.34. The van der Waals surface area contributed by atoms with Gasteiger partial charge in [0.05, 0.1) is 10.6 Å². The topological polar surface area (TPSA) is 86.8 Å². The number of rotatable bonds is 12. The monoisotopic (exact) mass is 601 g/mol. The summed E-state index contributed by atoms with van der Waals surface area (Å²) >= 11 is 0. The fourth-order valence-corrected chi connectivity index (χ4v) is 6.23. The number of carbonyl (C=O) groups is 2. The standard InChI is InChI=1S/C34H36FN3O4S/c1-25(2)36-34(40)32(22-27-12-6-4-7-13-27)37(23-28-14-10-11-26(3)21-28)33(39)24-38(30-19-17-29(35)18-20-30)43(41,42)31-15-8-5-9-16-31/h4-21,25,32H,22-24H2,1-3H3,(H,36,40). The van der Waals surface area contributed by atoms with Gasteiger partial charge in [-0.1, -0.05) is 78.4 Å². The van der Waals surface area contributed by atoms with Crippen LogP contribution in [0.25, 0.3) is 0 Å². The first kappa shape index (κ1) is 31.4. The number of hydrogen-bond acceptors (Lipinski definition) is 4. The Kier molecular flexibility index (Phi) is 10.3. The van der Waals surface area contributed by atoms with E-state index in [0.717, 1.165) is 33.1 Å². The summed E-state index contributed by atoms with van der Waals surface area (Å²) in [6, 6.07) is 28.5. The molecule has 43 heavy (non-hydrogen) atoms. The van der Waals surface area contributed by atoms with Gasteiger partial charge in [0.1, 0.15) is 18.4 Å². The summed E-state index contributed by atoms with van der Waals surface area (Å²) in [7, 11) is -4.24. The molecule has 0 fully saturated rings. The number of halogens is 1. The van der Waals surface area contributed by atoms with Gasteiger partial charge in [0, 0.05) is 19.0 Å². The third-order valence-electron chi connectivity index (χ3n) is 6.86. The third-order valence-corrected chi connectivity index (χ3v) is 8.65. The molecule has 1 N–H and O–H groups in total. The van der Waals surface area contributed by atoms with Crippen LogP contribution in [0, 0.1) is 12.7 Å². The first-order chi connectivity index (χ1) is 20.5. The maximum absolute atomic E-state index is 14.3. The van der Waals surface area contributed by atoms with E-state index in [1.807, 2.05) is 75.4 Å². The minimum Gasteiger partial charge on any atom is -0.352 e. The highest BCUT2D eigenvalue weighted by molar-refractivity contribution is 7.92. The first-order valence-electron chi connectivity index (χ1n) is 14.1. The molecule has 0 bridgehead atoms. The summed E-state index contributed by atoms with van der Waals surface area (Å²) < 4.78 is 42.6. The van der Waals surface area contributed by atoms with Crippen LogP contribution in [0.3, 0.4) is 0 Å². The summed E-state index contributed by atoms with van der Waals surface area (Å²) in [5, 5.41) is 2.94. The lowest BCUT2D eigenvalue weighted by Crippen LogP contribution is -2.54. The van der Waals surface area contributed by atoms with E-state index in [0.29, 0.717) is 0 Å². The Hall–Kier alpha value is -4.50. The highest BCUT2D eigenvalue weighted by atomic mass is 32.2. The van der Waals surface area contributed by atoms with Crippen LogP contribution in [0.5, 0.6) is 0 Å². The lowest BCUT2D eigenvalue weighted by Gasteiger charge is -2.34. The predicted octanol–water partition coefficient (Wildman–Crippen LogP) is 5.49. The molecule has 1 atom stereocenters. The molecular formula is C34H36FN3O4S. The molecule has 0 heterocycles. The number of hydrogen-bond donors (Lipinski definition) is 1. The van der Waals surface area contributed by atoms with E-state index in [4.69, 9.17) is 0 Å². The van der Waals surface area contributed by atoms with Gasteiger partial charge in [-0.15, -0.1) is 0 Å². The summed E-state index contributed by atoms with van der Waals surface area (Å²) in [5.74, 6) is -1.47. The van der Waals surface area contributed by atoms with E-state index in [2.05, 4.69) is 5.32 Å². The molecule has 7 nitrogen and oxygen atoms in total. The maximum atomic E-state index is 14.3. The van der Waals surface area contributed by atoms with Crippen molar-refractivity contribution < 1.29 is 22.4 Å². The van der Waals surface area contributed by atoms with Gasteiger partial charge in [-0.25, -0.2) is 12.8 Å². The Balaban J connectivity index is 1.79. The van der Waals surface area contributed by atoms with Crippen LogP contribution in [-0.2, 0) is 32.6 Å². The van der Waals surface area contributed by atoms with E-state index >= 15 is 0 Å². The Morgan fingerprint density at radius 1 is 0.814 bits per heavy atom. The smallest absolute Gasteiger partial charge is 0.264 e. The van der Waals surface area contributed by atoms with Gasteiger partial charge in [0.25, 0.3) is 10.0 Å². The quantitative estimate of drug-likeness (QED) is 0.233. The van der Waals surface area contributed by atoms with Crippen LogP contribution in [-0.4, -0.2) is 43.8 Å². The lowest BCUT2D eigenvalue weighted by atomic mass is 10.0. The van der Waals surface area contributed by atoms with E-state index in [1.54, 1.807) is 18.2 Å². The van der Waals surface area contributed by atoms with E-state index in [-0.39, 0.29) is 35.5 Å². The zero-order chi connectivity index (χ0) is 31.0. The molecule has 0 saturated heterocycles. The summed E-state index contributed by atoms with van der Waals surface area (Å²) in [6.45, 7) is 5.09. The third kappa shape index (κ3) is 8.29. The van der Waals surface area contributed by atoms with Crippen molar-refractivity contribution in [3.63, 3.8) is 0 Å². The molecule has 0 radical (unpaired) electrons. The number of amides is 2. The highest BCUT2D eigenvalue weighted by Crippen LogP contribution is 2.25. The molecule has 2 amide bonds. The molecule has 0 aromatic heterocycles. The number of nitrogens with zero attached hydrogens (tertiary/aromatic N) is 2. The Labute approximate surface area is 253 Å². The molecule has 0 spiro atoms. The normalized spacial score (nSPS) is 12.0. The van der Waals surface area contributed by atoms with Gasteiger partial charge >= 0.3 is 0 Å². The SMILES string of the molecule is Cc1cccc(CN(C(=O)CN(c2ccc(F)cc2)S(=O)(=O)c2ccccc2)C(Cc2ccccc2)C(=O)NC(C)C)c1. The van der Waals surface area contributed by atoms with Crippen LogP contribution in [0.15, 0.2) is 114 Å². The van der Waals surface area contributed by atoms with E-state index in [1.165, 1.54) is 29.2 Å². The number of anilines is 1. The first-order valence-corrected chi connectivity index (χ1v) is 15.5. The second-order valence-electron chi connectivity index (χ2n) is 10.7. The van der Waals surface area contributed by atoms with Gasteiger partial charge in [-0.3, -0.25) is 13.9 Å². The molecule has 4 aromatic carbocycles. The predicted molar refractivity (Wildman–Crippen MR) is 166 cm³/mol. The number of aryl methyl sites for hydroxylation is 1. The van der Waals surface area contributed by atoms with Gasteiger partial charge in [-0.05, 0) is 68.3 Å². The van der Waals surface area contributed by atoms with Crippen LogP contribution < -0.4 is 9.62 Å².